The summed E-state index contributed by atoms with van der Waals surface area (Å²) in [7, 11) is 0. The number of nitriles is 1. The van der Waals surface area contributed by atoms with Crippen LogP contribution < -0.4 is 14.8 Å². The lowest BCUT2D eigenvalue weighted by molar-refractivity contribution is -0.385. The highest BCUT2D eigenvalue weighted by molar-refractivity contribution is 6.31. The molecular formula is C27H20ClFN4O5. The molecule has 0 saturated carbocycles. The third-order valence-electron chi connectivity index (χ3n) is 5.99. The highest BCUT2D eigenvalue weighted by Gasteiger charge is 2.25. The van der Waals surface area contributed by atoms with E-state index in [2.05, 4.69) is 10.3 Å². The fraction of sp³-hybridized carbons (Fsp3) is 0.185. The van der Waals surface area contributed by atoms with Crippen LogP contribution in [-0.2, 0) is 11.3 Å². The number of ether oxygens (including phenoxy) is 3. The van der Waals surface area contributed by atoms with Crippen LogP contribution in [-0.4, -0.2) is 29.2 Å². The van der Waals surface area contributed by atoms with E-state index in [-0.39, 0.29) is 41.1 Å². The van der Waals surface area contributed by atoms with E-state index in [0.717, 1.165) is 0 Å². The maximum Gasteiger partial charge on any atom is 0.311 e. The largest absolute Gasteiger partial charge is 0.486 e. The standard InChI is InChI=1S/C27H20ClFN4O5/c28-21-4-2-1-3-16(21)14-37-25-6-5-18(9-22(25)29)32-27-17(12-30)13-31-23-11-26(38-19-7-8-36-15-19)24(33(34)35)10-20(23)27/h1-6,9-11,13,19H,7-8,14-15H2,(H,31,32). The molecule has 1 fully saturated rings. The van der Waals surface area contributed by atoms with Crippen molar-refractivity contribution >= 4 is 39.6 Å². The van der Waals surface area contributed by atoms with Crippen LogP contribution in [0.25, 0.3) is 10.9 Å². The molecule has 0 bridgehead atoms. The molecule has 2 heterocycles. The van der Waals surface area contributed by atoms with Crippen LogP contribution in [0.1, 0.15) is 17.5 Å². The fourth-order valence-corrected chi connectivity index (χ4v) is 4.25. The van der Waals surface area contributed by atoms with E-state index in [4.69, 9.17) is 25.8 Å². The van der Waals surface area contributed by atoms with Gasteiger partial charge in [-0.05, 0) is 18.2 Å². The second-order valence-electron chi connectivity index (χ2n) is 8.51. The average Bonchev–Trinajstić information content (AvgIpc) is 3.42. The number of benzene rings is 3. The van der Waals surface area contributed by atoms with Gasteiger partial charge in [-0.25, -0.2) is 4.39 Å². The van der Waals surface area contributed by atoms with Gasteiger partial charge in [0.2, 0.25) is 0 Å². The highest BCUT2D eigenvalue weighted by Crippen LogP contribution is 2.38. The quantitative estimate of drug-likeness (QED) is 0.207. The Morgan fingerprint density at radius 3 is 2.79 bits per heavy atom. The second-order valence-corrected chi connectivity index (χ2v) is 8.91. The lowest BCUT2D eigenvalue weighted by Crippen LogP contribution is -2.16. The Labute approximate surface area is 221 Å². The lowest BCUT2D eigenvalue weighted by atomic mass is 10.1. The maximum absolute atomic E-state index is 14.9. The summed E-state index contributed by atoms with van der Waals surface area (Å²) in [6.45, 7) is 0.939. The van der Waals surface area contributed by atoms with Crippen LogP contribution in [0.4, 0.5) is 21.5 Å². The minimum Gasteiger partial charge on any atom is -0.486 e. The molecule has 1 saturated heterocycles. The molecule has 5 rings (SSSR count). The lowest BCUT2D eigenvalue weighted by Gasteiger charge is -2.15. The molecule has 1 aliphatic rings. The molecule has 0 radical (unpaired) electrons. The zero-order chi connectivity index (χ0) is 26.6. The van der Waals surface area contributed by atoms with Gasteiger partial charge in [0.05, 0.1) is 34.9 Å². The summed E-state index contributed by atoms with van der Waals surface area (Å²) >= 11 is 6.13. The summed E-state index contributed by atoms with van der Waals surface area (Å²) in [4.78, 5) is 15.6. The molecule has 9 nitrogen and oxygen atoms in total. The van der Waals surface area contributed by atoms with Crippen molar-refractivity contribution in [2.75, 3.05) is 18.5 Å². The molecule has 38 heavy (non-hydrogen) atoms. The molecular weight excluding hydrogens is 515 g/mol. The Hall–Kier alpha value is -4.46. The first-order chi connectivity index (χ1) is 18.4. The van der Waals surface area contributed by atoms with E-state index in [1.54, 1.807) is 24.3 Å². The van der Waals surface area contributed by atoms with Gasteiger partial charge in [0.25, 0.3) is 0 Å². The minimum atomic E-state index is -0.639. The van der Waals surface area contributed by atoms with Crippen LogP contribution >= 0.6 is 11.6 Å². The number of anilines is 2. The third kappa shape index (κ3) is 5.29. The number of nitro groups is 1. The monoisotopic (exact) mass is 534 g/mol. The summed E-state index contributed by atoms with van der Waals surface area (Å²) < 4.78 is 31.6. The highest BCUT2D eigenvalue weighted by atomic mass is 35.5. The van der Waals surface area contributed by atoms with Crippen molar-refractivity contribution in [3.8, 4) is 17.6 Å². The van der Waals surface area contributed by atoms with Crippen molar-refractivity contribution in [1.82, 2.24) is 4.98 Å². The van der Waals surface area contributed by atoms with Gasteiger partial charge in [-0.15, -0.1) is 0 Å². The molecule has 0 aliphatic carbocycles. The van der Waals surface area contributed by atoms with Gasteiger partial charge in [-0.2, -0.15) is 5.26 Å². The van der Waals surface area contributed by atoms with Crippen LogP contribution in [0.5, 0.6) is 11.5 Å². The number of hydrogen-bond acceptors (Lipinski definition) is 8. The predicted octanol–water partition coefficient (Wildman–Crippen LogP) is 6.30. The van der Waals surface area contributed by atoms with Gasteiger partial charge in [-0.1, -0.05) is 29.8 Å². The van der Waals surface area contributed by atoms with E-state index in [9.17, 15) is 19.8 Å². The van der Waals surface area contributed by atoms with Gasteiger partial charge in [-0.3, -0.25) is 15.1 Å². The molecule has 1 aromatic heterocycles. The molecule has 1 atom stereocenters. The zero-order valence-electron chi connectivity index (χ0n) is 19.8. The fourth-order valence-electron chi connectivity index (χ4n) is 4.06. The summed E-state index contributed by atoms with van der Waals surface area (Å²) in [5.74, 6) is -0.560. The second kappa shape index (κ2) is 10.9. The number of nitro benzene ring substituents is 1. The van der Waals surface area contributed by atoms with Gasteiger partial charge in [0.15, 0.2) is 17.3 Å². The van der Waals surface area contributed by atoms with Gasteiger partial charge in [0.1, 0.15) is 18.8 Å². The van der Waals surface area contributed by atoms with Crippen molar-refractivity contribution in [2.45, 2.75) is 19.1 Å². The zero-order valence-corrected chi connectivity index (χ0v) is 20.6. The molecule has 3 aromatic carbocycles. The number of halogens is 2. The van der Waals surface area contributed by atoms with Crippen molar-refractivity contribution < 1.29 is 23.5 Å². The van der Waals surface area contributed by atoms with E-state index in [1.165, 1.54) is 30.5 Å². The first-order valence-electron chi connectivity index (χ1n) is 11.6. The number of rotatable bonds is 8. The number of nitrogens with zero attached hydrogens (tertiary/aromatic N) is 3. The van der Waals surface area contributed by atoms with Crippen molar-refractivity contribution in [3.05, 3.63) is 92.9 Å². The Morgan fingerprint density at radius 2 is 2.08 bits per heavy atom. The smallest absolute Gasteiger partial charge is 0.311 e. The summed E-state index contributed by atoms with van der Waals surface area (Å²) in [5.41, 5.74) is 1.49. The molecule has 192 valence electrons. The van der Waals surface area contributed by atoms with E-state index >= 15 is 0 Å². The summed E-state index contributed by atoms with van der Waals surface area (Å²) in [6.07, 6.45) is 1.66. The predicted molar refractivity (Wildman–Crippen MR) is 138 cm³/mol. The Balaban J connectivity index is 1.45. The number of aromatic nitrogens is 1. The van der Waals surface area contributed by atoms with E-state index in [0.29, 0.717) is 46.8 Å². The van der Waals surface area contributed by atoms with Gasteiger partial charge >= 0.3 is 5.69 Å². The number of hydrogen-bond donors (Lipinski definition) is 1. The summed E-state index contributed by atoms with van der Waals surface area (Å²) in [6, 6.07) is 16.1. The van der Waals surface area contributed by atoms with Crippen molar-refractivity contribution in [1.29, 1.82) is 5.26 Å². The molecule has 0 spiro atoms. The topological polar surface area (TPSA) is 120 Å². The molecule has 4 aromatic rings. The van der Waals surface area contributed by atoms with Crippen molar-refractivity contribution in [3.63, 3.8) is 0 Å². The molecule has 1 unspecified atom stereocenters. The third-order valence-corrected chi connectivity index (χ3v) is 6.36. The maximum atomic E-state index is 14.9. The number of pyridine rings is 1. The number of nitrogens with one attached hydrogen (secondary N) is 1. The van der Waals surface area contributed by atoms with Crippen LogP contribution in [0, 0.1) is 27.3 Å². The average molecular weight is 535 g/mol. The van der Waals surface area contributed by atoms with Gasteiger partial charge < -0.3 is 19.5 Å². The van der Waals surface area contributed by atoms with Crippen LogP contribution in [0.15, 0.2) is 60.8 Å². The van der Waals surface area contributed by atoms with Gasteiger partial charge in [0, 0.05) is 52.5 Å². The van der Waals surface area contributed by atoms with E-state index in [1.807, 2.05) is 12.1 Å². The first-order valence-corrected chi connectivity index (χ1v) is 12.0. The minimum absolute atomic E-state index is 0.0175. The molecule has 1 N–H and O–H groups in total. The molecule has 11 heteroatoms. The molecule has 1 aliphatic heterocycles. The Kier molecular flexibility index (Phi) is 7.22. The first kappa shape index (κ1) is 25.2. The van der Waals surface area contributed by atoms with Crippen LogP contribution in [0.2, 0.25) is 5.02 Å². The van der Waals surface area contributed by atoms with Crippen molar-refractivity contribution in [2.24, 2.45) is 0 Å². The Morgan fingerprint density at radius 1 is 1.24 bits per heavy atom. The van der Waals surface area contributed by atoms with Crippen LogP contribution in [0.3, 0.4) is 0 Å². The Bertz CT molecular complexity index is 1570. The summed E-state index contributed by atoms with van der Waals surface area (Å²) in [5, 5.41) is 25.4. The SMILES string of the molecule is N#Cc1cnc2cc(OC3CCOC3)c([N+](=O)[O-])cc2c1Nc1ccc(OCc2ccccc2Cl)c(F)c1. The normalized spacial score (nSPS) is 14.7. The molecule has 0 amide bonds. The van der Waals surface area contributed by atoms with E-state index < -0.39 is 10.7 Å². The number of fused-ring (bicyclic) bond motifs is 1.